The molecule has 103 heavy (non-hydrogen) atoms. The van der Waals surface area contributed by atoms with E-state index in [9.17, 15) is 53.4 Å². The summed E-state index contributed by atoms with van der Waals surface area (Å²) in [5, 5.41) is 57.9. The Hall–Kier alpha value is -11.8. The van der Waals surface area contributed by atoms with Crippen molar-refractivity contribution >= 4 is 92.6 Å². The van der Waals surface area contributed by atoms with Gasteiger partial charge in [-0.15, -0.1) is 0 Å². The summed E-state index contributed by atoms with van der Waals surface area (Å²) in [5.41, 5.74) is 20.0. The number of carbonyl (C=O) groups excluding carboxylic acids is 11. The second-order valence-corrected chi connectivity index (χ2v) is 25.2. The van der Waals surface area contributed by atoms with Crippen molar-refractivity contribution in [1.29, 1.82) is 5.41 Å². The highest BCUT2D eigenvalue weighted by molar-refractivity contribution is 6.00. The first-order valence-electron chi connectivity index (χ1n) is 33.9. The number of phenols is 1. The number of aliphatic hydroxyl groups is 1. The fourth-order valence-electron chi connectivity index (χ4n) is 12.1. The minimum atomic E-state index is -1.81. The highest BCUT2D eigenvalue weighted by atomic mass is 16.3. The molecule has 0 bridgehead atoms. The molecule has 0 spiro atoms. The van der Waals surface area contributed by atoms with Gasteiger partial charge in [0.25, 0.3) is 0 Å². The van der Waals surface area contributed by atoms with Gasteiger partial charge in [-0.05, 0) is 109 Å². The summed E-state index contributed by atoms with van der Waals surface area (Å²) in [6.07, 6.45) is 7.80. The second kappa shape index (κ2) is 38.1. The molecule has 1 fully saturated rings. The highest BCUT2D eigenvalue weighted by Gasteiger charge is 2.40. The van der Waals surface area contributed by atoms with Gasteiger partial charge in [0, 0.05) is 93.5 Å². The maximum Gasteiger partial charge on any atom is 0.246 e. The van der Waals surface area contributed by atoms with Crippen molar-refractivity contribution in [2.75, 3.05) is 32.8 Å². The van der Waals surface area contributed by atoms with Crippen LogP contribution >= 0.6 is 0 Å². The van der Waals surface area contributed by atoms with Crippen molar-refractivity contribution in [3.05, 3.63) is 162 Å². The first-order valence-corrected chi connectivity index (χ1v) is 33.9. The number of nitrogens with zero attached hydrogens (tertiary/aromatic N) is 3. The Morgan fingerprint density at radius 2 is 1.16 bits per heavy atom. The van der Waals surface area contributed by atoms with Crippen LogP contribution in [0.3, 0.4) is 0 Å². The molecule has 1 aliphatic rings. The summed E-state index contributed by atoms with van der Waals surface area (Å²) >= 11 is 0. The molecule has 32 nitrogen and oxygen atoms in total. The van der Waals surface area contributed by atoms with E-state index in [4.69, 9.17) is 22.6 Å². The number of guanidine groups is 1. The van der Waals surface area contributed by atoms with E-state index in [2.05, 4.69) is 73.1 Å². The van der Waals surface area contributed by atoms with E-state index >= 15 is 9.59 Å². The molecule has 9 atom stereocenters. The number of phenolic OH excluding ortho intramolecular Hbond substituents is 1. The van der Waals surface area contributed by atoms with Gasteiger partial charge in [-0.3, -0.25) is 63.1 Å². The Labute approximate surface area is 592 Å². The van der Waals surface area contributed by atoms with Gasteiger partial charge in [0.05, 0.1) is 19.5 Å². The lowest BCUT2D eigenvalue weighted by Gasteiger charge is -2.30. The molecular formula is C71H89N19O13. The number of aliphatic hydroxyl groups excluding tert-OH is 1. The van der Waals surface area contributed by atoms with Crippen LogP contribution < -0.4 is 70.4 Å². The van der Waals surface area contributed by atoms with Gasteiger partial charge >= 0.3 is 0 Å². The number of para-hydroxylation sites is 1. The molecule has 3 aromatic heterocycles. The minimum Gasteiger partial charge on any atom is -0.508 e. The van der Waals surface area contributed by atoms with Crippen molar-refractivity contribution in [3.63, 3.8) is 0 Å². The molecule has 0 saturated carbocycles. The maximum atomic E-state index is 15.1. The number of aromatic nitrogens is 4. The normalized spacial score (nSPS) is 14.9. The van der Waals surface area contributed by atoms with Crippen LogP contribution in [-0.4, -0.2) is 193 Å². The summed E-state index contributed by atoms with van der Waals surface area (Å²) in [7, 11) is 0. The highest BCUT2D eigenvalue weighted by Crippen LogP contribution is 2.24. The Morgan fingerprint density at radius 3 is 1.79 bits per heavy atom. The van der Waals surface area contributed by atoms with Crippen LogP contribution in [0.15, 0.2) is 134 Å². The number of nitrogens with one attached hydrogen (secondary N) is 13. The number of imidazole rings is 1. The minimum absolute atomic E-state index is 0.0303. The molecule has 32 heteroatoms. The van der Waals surface area contributed by atoms with Crippen LogP contribution in [0, 0.1) is 5.41 Å². The number of likely N-dealkylation sites (tertiary alicyclic amines) is 1. The maximum absolute atomic E-state index is 15.1. The van der Waals surface area contributed by atoms with Gasteiger partial charge in [0.15, 0.2) is 5.96 Å². The number of H-pyrrole nitrogens is 2. The van der Waals surface area contributed by atoms with Gasteiger partial charge < -0.3 is 95.4 Å². The summed E-state index contributed by atoms with van der Waals surface area (Å²) in [4.78, 5) is 171. The number of carbonyl (C=O) groups is 11. The van der Waals surface area contributed by atoms with Gasteiger partial charge in [0.1, 0.15) is 60.1 Å². The van der Waals surface area contributed by atoms with Gasteiger partial charge in [-0.1, -0.05) is 78.9 Å². The molecule has 0 radical (unpaired) electrons. The standard InChI is InChI=1S/C71H89N19O13/c1-41(92)82-54(31-43-19-22-45-12-2-3-13-46(45)29-43)64(97)84-53(17-9-27-78-71(74)75)63(96)85-55(32-44-11-8-26-76-35-44)65(98)89-59(39-91)68(101)87-57(34-48-37-77-40-81-48)67(100)83-52(16-6-7-25-72)62(95)86-56(33-47-36-79-51-15-5-4-14-50(47)51)66(99)88-58(30-42-20-23-49(93)24-21-42)70(103)90-28-10-18-60(90)69(102)80-38-61(73)94/h2-5,8,11-15,19-24,26,29,35-37,40,52-60,79,91,93H,6-7,9-10,16-18,25,27-28,30-34,38-39,72H2,1H3,(H2,73,94)(H,77,81)(H,80,102)(H,82,92)(H,83,100)(H,84,97)(H,85,96)(H,86,95)(H,87,101)(H,88,99)(H,89,98)(H4,74,75,78)/t52-,53+,54-,55-,56+,57+,58+,59+,60+/m1/s1. The van der Waals surface area contributed by atoms with E-state index in [0.717, 1.165) is 10.8 Å². The molecule has 21 N–H and O–H groups in total. The van der Waals surface area contributed by atoms with Crippen LogP contribution in [0.25, 0.3) is 21.7 Å². The second-order valence-electron chi connectivity index (χ2n) is 25.2. The van der Waals surface area contributed by atoms with Gasteiger partial charge in [-0.2, -0.15) is 0 Å². The monoisotopic (exact) mass is 1420 g/mol. The van der Waals surface area contributed by atoms with Crippen LogP contribution in [0.1, 0.15) is 79.8 Å². The lowest BCUT2D eigenvalue weighted by Crippen LogP contribution is -2.61. The summed E-state index contributed by atoms with van der Waals surface area (Å²) < 4.78 is 0. The number of nitrogens with two attached hydrogens (primary N) is 3. The Balaban J connectivity index is 1.02. The van der Waals surface area contributed by atoms with Crippen molar-refractivity contribution < 1.29 is 63.0 Å². The smallest absolute Gasteiger partial charge is 0.246 e. The molecule has 1 aliphatic heterocycles. The van der Waals surface area contributed by atoms with Crippen molar-refractivity contribution in [2.45, 2.75) is 138 Å². The third-order valence-corrected chi connectivity index (χ3v) is 17.4. The summed E-state index contributed by atoms with van der Waals surface area (Å²) in [6, 6.07) is 16.7. The quantitative estimate of drug-likeness (QED) is 0.0119. The predicted molar refractivity (Wildman–Crippen MR) is 379 cm³/mol. The lowest BCUT2D eigenvalue weighted by molar-refractivity contribution is -0.142. The lowest BCUT2D eigenvalue weighted by atomic mass is 10.0. The zero-order valence-electron chi connectivity index (χ0n) is 56.9. The number of rotatable bonds is 38. The molecule has 4 aromatic carbocycles. The van der Waals surface area contributed by atoms with Crippen molar-refractivity contribution in [3.8, 4) is 5.75 Å². The number of aromatic amines is 2. The van der Waals surface area contributed by atoms with Crippen molar-refractivity contribution in [2.24, 2.45) is 17.2 Å². The molecule has 7 aromatic rings. The predicted octanol–water partition coefficient (Wildman–Crippen LogP) is -1.47. The van der Waals surface area contributed by atoms with E-state index in [-0.39, 0.29) is 95.6 Å². The Bertz CT molecular complexity index is 4100. The number of fused-ring (bicyclic) bond motifs is 2. The topological polar surface area (TPSA) is 511 Å². The molecule has 0 aliphatic carbocycles. The first-order chi connectivity index (χ1) is 49.5. The average molecular weight is 1420 g/mol. The van der Waals surface area contributed by atoms with E-state index < -0.39 is 133 Å². The number of hydrogen-bond acceptors (Lipinski definition) is 17. The van der Waals surface area contributed by atoms with Gasteiger partial charge in [0.2, 0.25) is 65.0 Å². The van der Waals surface area contributed by atoms with E-state index in [1.807, 2.05) is 54.6 Å². The number of amides is 11. The van der Waals surface area contributed by atoms with E-state index in [1.54, 1.807) is 42.6 Å². The fourth-order valence-corrected chi connectivity index (χ4v) is 12.1. The molecule has 11 amide bonds. The molecular weight excluding hydrogens is 1330 g/mol. The molecule has 8 rings (SSSR count). The zero-order valence-corrected chi connectivity index (χ0v) is 56.9. The summed E-state index contributed by atoms with van der Waals surface area (Å²) in [6.45, 7) is 0.130. The molecule has 1 saturated heterocycles. The largest absolute Gasteiger partial charge is 0.508 e. The fraction of sp³-hybridized carbons (Fsp3) is 0.380. The van der Waals surface area contributed by atoms with Crippen molar-refractivity contribution in [1.82, 2.24) is 78.0 Å². The van der Waals surface area contributed by atoms with Crippen LogP contribution in [0.2, 0.25) is 0 Å². The molecule has 0 unspecified atom stereocenters. The van der Waals surface area contributed by atoms with Crippen LogP contribution in [-0.2, 0) is 84.8 Å². The Kier molecular flexibility index (Phi) is 28.5. The van der Waals surface area contributed by atoms with E-state index in [1.165, 1.54) is 48.9 Å². The first kappa shape index (κ1) is 76.9. The number of benzene rings is 4. The number of primary amides is 1. The number of unbranched alkanes of at least 4 members (excludes halogenated alkanes) is 1. The third kappa shape index (κ3) is 23.1. The molecule has 546 valence electrons. The number of aromatic hydroxyl groups is 1. The van der Waals surface area contributed by atoms with Crippen LogP contribution in [0.4, 0.5) is 0 Å². The average Bonchev–Trinajstić information content (AvgIpc) is 1.79. The third-order valence-electron chi connectivity index (χ3n) is 17.4. The molecule has 4 heterocycles. The summed E-state index contributed by atoms with van der Waals surface area (Å²) in [5.74, 6) is -9.37. The zero-order chi connectivity index (χ0) is 74.0. The SMILES string of the molecule is CC(=O)N[C@H](Cc1ccc2ccccc2c1)C(=O)N[C@@H](CCCNC(=N)N)C(=O)N[C@H](Cc1cccnc1)C(=O)N[C@@H](CO)C(=O)N[C@@H](Cc1cnc[nH]1)C(=O)N[C@H](CCCCN)C(=O)N[C@@H](Cc1c[nH]c2ccccc12)C(=O)N[C@@H](Cc1ccc(O)cc1)C(=O)N1CCC[C@H]1C(=O)NCC(N)=O. The van der Waals surface area contributed by atoms with Crippen LogP contribution in [0.5, 0.6) is 5.75 Å². The Morgan fingerprint density at radius 1 is 0.583 bits per heavy atom. The van der Waals surface area contributed by atoms with Gasteiger partial charge in [-0.25, -0.2) is 4.98 Å². The number of pyridine rings is 1. The number of hydrogen-bond donors (Lipinski definition) is 18. The van der Waals surface area contributed by atoms with E-state index in [0.29, 0.717) is 51.7 Å².